The molecule has 0 radical (unpaired) electrons. The average molecular weight is 271 g/mol. The monoisotopic (exact) mass is 271 g/mol. The van der Waals surface area contributed by atoms with Crippen LogP contribution in [0.1, 0.15) is 45.4 Å². The second kappa shape index (κ2) is 8.20. The number of methoxy groups -OCH3 is 1. The Balaban J connectivity index is 1.60. The maximum absolute atomic E-state index is 6.03. The Bertz CT molecular complexity index is 250. The van der Waals surface area contributed by atoms with Gasteiger partial charge in [0.05, 0.1) is 31.0 Å². The molecule has 0 amide bonds. The summed E-state index contributed by atoms with van der Waals surface area (Å²) in [7, 11) is 1.80. The summed E-state index contributed by atoms with van der Waals surface area (Å²) in [5, 5.41) is 3.35. The van der Waals surface area contributed by atoms with E-state index in [0.29, 0.717) is 24.4 Å². The molecule has 2 aliphatic rings. The van der Waals surface area contributed by atoms with Gasteiger partial charge in [-0.25, -0.2) is 0 Å². The van der Waals surface area contributed by atoms with E-state index in [-0.39, 0.29) is 0 Å². The van der Waals surface area contributed by atoms with Gasteiger partial charge in [-0.2, -0.15) is 0 Å². The first-order chi connectivity index (χ1) is 9.31. The first-order valence-electron chi connectivity index (χ1n) is 7.82. The van der Waals surface area contributed by atoms with Gasteiger partial charge in [-0.3, -0.25) is 0 Å². The van der Waals surface area contributed by atoms with Crippen LogP contribution in [0.2, 0.25) is 0 Å². The predicted molar refractivity (Wildman–Crippen MR) is 75.4 cm³/mol. The molecule has 2 rings (SSSR count). The van der Waals surface area contributed by atoms with Crippen LogP contribution in [0.25, 0.3) is 0 Å². The van der Waals surface area contributed by atoms with Gasteiger partial charge >= 0.3 is 0 Å². The molecule has 0 aromatic heterocycles. The minimum atomic E-state index is 0.298. The number of nitrogens with one attached hydrogen (secondary N) is 1. The van der Waals surface area contributed by atoms with Gasteiger partial charge < -0.3 is 19.5 Å². The van der Waals surface area contributed by atoms with Crippen LogP contribution in [0.4, 0.5) is 0 Å². The SMILES string of the molecule is CCNCC1CCC(COC2CCCC(OC)C2)O1. The lowest BCUT2D eigenvalue weighted by atomic mass is 9.95. The molecule has 0 spiro atoms. The number of rotatable bonds is 7. The van der Waals surface area contributed by atoms with Crippen molar-refractivity contribution in [2.24, 2.45) is 0 Å². The van der Waals surface area contributed by atoms with Crippen molar-refractivity contribution < 1.29 is 14.2 Å². The van der Waals surface area contributed by atoms with E-state index < -0.39 is 0 Å². The van der Waals surface area contributed by atoms with Crippen molar-refractivity contribution >= 4 is 0 Å². The summed E-state index contributed by atoms with van der Waals surface area (Å²) in [6, 6.07) is 0. The zero-order valence-corrected chi connectivity index (χ0v) is 12.4. The third-order valence-corrected chi connectivity index (χ3v) is 4.25. The zero-order chi connectivity index (χ0) is 13.5. The topological polar surface area (TPSA) is 39.7 Å². The van der Waals surface area contributed by atoms with Gasteiger partial charge in [0.15, 0.2) is 0 Å². The quantitative estimate of drug-likeness (QED) is 0.770. The van der Waals surface area contributed by atoms with E-state index >= 15 is 0 Å². The third-order valence-electron chi connectivity index (χ3n) is 4.25. The van der Waals surface area contributed by atoms with Crippen molar-refractivity contribution in [3.8, 4) is 0 Å². The molecule has 1 saturated heterocycles. The molecule has 4 atom stereocenters. The van der Waals surface area contributed by atoms with E-state index in [1.54, 1.807) is 7.11 Å². The first-order valence-corrected chi connectivity index (χ1v) is 7.82. The Labute approximate surface area is 117 Å². The van der Waals surface area contributed by atoms with Gasteiger partial charge in [0, 0.05) is 13.7 Å². The van der Waals surface area contributed by atoms with Gasteiger partial charge in [-0.05, 0) is 45.1 Å². The maximum Gasteiger partial charge on any atom is 0.0814 e. The Morgan fingerprint density at radius 2 is 1.89 bits per heavy atom. The summed E-state index contributed by atoms with van der Waals surface area (Å²) >= 11 is 0. The molecule has 1 N–H and O–H groups in total. The van der Waals surface area contributed by atoms with E-state index in [1.165, 1.54) is 19.3 Å². The van der Waals surface area contributed by atoms with Gasteiger partial charge in [0.2, 0.25) is 0 Å². The highest BCUT2D eigenvalue weighted by molar-refractivity contribution is 4.77. The van der Waals surface area contributed by atoms with Crippen molar-refractivity contribution in [2.45, 2.75) is 69.9 Å². The largest absolute Gasteiger partial charge is 0.381 e. The molecule has 0 aromatic carbocycles. The highest BCUT2D eigenvalue weighted by Gasteiger charge is 2.27. The van der Waals surface area contributed by atoms with Crippen molar-refractivity contribution in [3.63, 3.8) is 0 Å². The van der Waals surface area contributed by atoms with Gasteiger partial charge in [0.25, 0.3) is 0 Å². The summed E-state index contributed by atoms with van der Waals surface area (Å²) in [6.45, 7) is 4.87. The van der Waals surface area contributed by atoms with Gasteiger partial charge in [-0.1, -0.05) is 6.92 Å². The molecular weight excluding hydrogens is 242 g/mol. The lowest BCUT2D eigenvalue weighted by molar-refractivity contribution is -0.0707. The van der Waals surface area contributed by atoms with Crippen LogP contribution < -0.4 is 5.32 Å². The highest BCUT2D eigenvalue weighted by Crippen LogP contribution is 2.25. The van der Waals surface area contributed by atoms with Crippen molar-refractivity contribution in [3.05, 3.63) is 0 Å². The summed E-state index contributed by atoms with van der Waals surface area (Å²) in [4.78, 5) is 0. The molecule has 0 aromatic rings. The van der Waals surface area contributed by atoms with E-state index in [1.807, 2.05) is 0 Å². The maximum atomic E-state index is 6.03. The molecule has 4 heteroatoms. The van der Waals surface area contributed by atoms with Crippen molar-refractivity contribution in [1.82, 2.24) is 5.32 Å². The van der Waals surface area contributed by atoms with E-state index in [0.717, 1.165) is 39.0 Å². The fourth-order valence-electron chi connectivity index (χ4n) is 3.07. The molecule has 112 valence electrons. The average Bonchev–Trinajstić information content (AvgIpc) is 2.91. The molecule has 1 aliphatic carbocycles. The summed E-state index contributed by atoms with van der Waals surface area (Å²) in [5.41, 5.74) is 0. The van der Waals surface area contributed by atoms with Crippen molar-refractivity contribution in [2.75, 3.05) is 26.8 Å². The van der Waals surface area contributed by atoms with Crippen LogP contribution in [-0.2, 0) is 14.2 Å². The molecule has 19 heavy (non-hydrogen) atoms. The summed E-state index contributed by atoms with van der Waals surface area (Å²) in [5.74, 6) is 0. The smallest absolute Gasteiger partial charge is 0.0814 e. The highest BCUT2D eigenvalue weighted by atomic mass is 16.5. The molecule has 1 heterocycles. The minimum absolute atomic E-state index is 0.298. The second-order valence-electron chi connectivity index (χ2n) is 5.74. The minimum Gasteiger partial charge on any atom is -0.381 e. The molecule has 2 fully saturated rings. The number of likely N-dealkylation sites (N-methyl/N-ethyl adjacent to an activating group) is 1. The Morgan fingerprint density at radius 3 is 2.68 bits per heavy atom. The fraction of sp³-hybridized carbons (Fsp3) is 1.00. The molecule has 0 bridgehead atoms. The number of ether oxygens (including phenoxy) is 3. The first kappa shape index (κ1) is 15.2. The molecule has 4 nitrogen and oxygen atoms in total. The second-order valence-corrected chi connectivity index (χ2v) is 5.74. The fourth-order valence-corrected chi connectivity index (χ4v) is 3.07. The van der Waals surface area contributed by atoms with E-state index in [4.69, 9.17) is 14.2 Å². The van der Waals surface area contributed by atoms with Gasteiger partial charge in [-0.15, -0.1) is 0 Å². The standard InChI is InChI=1S/C15H29NO3/c1-3-16-10-14-7-8-15(19-14)11-18-13-6-4-5-12(9-13)17-2/h12-16H,3-11H2,1-2H3. The molecule has 1 saturated carbocycles. The zero-order valence-electron chi connectivity index (χ0n) is 12.4. The third kappa shape index (κ3) is 5.03. The number of hydrogen-bond donors (Lipinski definition) is 1. The Morgan fingerprint density at radius 1 is 1.11 bits per heavy atom. The van der Waals surface area contributed by atoms with Crippen molar-refractivity contribution in [1.29, 1.82) is 0 Å². The Kier molecular flexibility index (Phi) is 6.57. The van der Waals surface area contributed by atoms with Crippen LogP contribution in [0.3, 0.4) is 0 Å². The summed E-state index contributed by atoms with van der Waals surface area (Å²) in [6.07, 6.45) is 8.36. The van der Waals surface area contributed by atoms with Crippen LogP contribution in [-0.4, -0.2) is 51.2 Å². The van der Waals surface area contributed by atoms with Gasteiger partial charge in [0.1, 0.15) is 0 Å². The van der Waals surface area contributed by atoms with Crippen LogP contribution in [0.15, 0.2) is 0 Å². The lowest BCUT2D eigenvalue weighted by Gasteiger charge is -2.29. The molecule has 1 aliphatic heterocycles. The van der Waals surface area contributed by atoms with E-state index in [2.05, 4.69) is 12.2 Å². The Hall–Kier alpha value is -0.160. The van der Waals surface area contributed by atoms with Crippen LogP contribution in [0, 0.1) is 0 Å². The number of hydrogen-bond acceptors (Lipinski definition) is 4. The molecular formula is C15H29NO3. The van der Waals surface area contributed by atoms with Crippen LogP contribution >= 0.6 is 0 Å². The van der Waals surface area contributed by atoms with Crippen LogP contribution in [0.5, 0.6) is 0 Å². The predicted octanol–water partition coefficient (Wildman–Crippen LogP) is 2.12. The summed E-state index contributed by atoms with van der Waals surface area (Å²) < 4.78 is 17.5. The van der Waals surface area contributed by atoms with E-state index in [9.17, 15) is 0 Å². The lowest BCUT2D eigenvalue weighted by Crippen LogP contribution is -2.31. The molecule has 4 unspecified atom stereocenters. The normalized spacial score (nSPS) is 35.7.